The van der Waals surface area contributed by atoms with Gasteiger partial charge in [0, 0.05) is 18.3 Å². The van der Waals surface area contributed by atoms with Crippen LogP contribution in [-0.2, 0) is 0 Å². The number of hydrogen-bond acceptors (Lipinski definition) is 5. The average Bonchev–Trinajstić information content (AvgIpc) is 2.30. The first-order valence-corrected chi connectivity index (χ1v) is 6.14. The zero-order valence-electron chi connectivity index (χ0n) is 10.4. The highest BCUT2D eigenvalue weighted by atomic mass is 16.5. The Kier molecular flexibility index (Phi) is 4.14. The van der Waals surface area contributed by atoms with Gasteiger partial charge in [0.15, 0.2) is 0 Å². The predicted molar refractivity (Wildman–Crippen MR) is 64.5 cm³/mol. The molecule has 1 atom stereocenters. The molecule has 2 rings (SSSR count). The number of ether oxygens (including phenoxy) is 2. The van der Waals surface area contributed by atoms with Gasteiger partial charge in [-0.1, -0.05) is 0 Å². The lowest BCUT2D eigenvalue weighted by Crippen LogP contribution is -2.37. The molecule has 0 aromatic carbocycles. The van der Waals surface area contributed by atoms with E-state index in [1.807, 2.05) is 19.9 Å². The van der Waals surface area contributed by atoms with Crippen LogP contribution in [0, 0.1) is 6.92 Å². The lowest BCUT2D eigenvalue weighted by molar-refractivity contribution is 0.151. The summed E-state index contributed by atoms with van der Waals surface area (Å²) in [4.78, 5) is 8.50. The quantitative estimate of drug-likeness (QED) is 0.855. The molecule has 1 aromatic rings. The first-order valence-electron chi connectivity index (χ1n) is 6.14. The summed E-state index contributed by atoms with van der Waals surface area (Å²) in [6.07, 6.45) is 2.35. The van der Waals surface area contributed by atoms with Gasteiger partial charge in [-0.15, -0.1) is 0 Å². The fraction of sp³-hybridized carbons (Fsp3) is 0.667. The van der Waals surface area contributed by atoms with Gasteiger partial charge in [0.25, 0.3) is 0 Å². The normalized spacial score (nSPS) is 20.0. The Morgan fingerprint density at radius 2 is 2.35 bits per heavy atom. The van der Waals surface area contributed by atoms with Crippen LogP contribution in [0.1, 0.15) is 25.5 Å². The Balaban J connectivity index is 2.03. The number of rotatable bonds is 4. The smallest absolute Gasteiger partial charge is 0.320 e. The predicted octanol–water partition coefficient (Wildman–Crippen LogP) is 1.31. The summed E-state index contributed by atoms with van der Waals surface area (Å²) in [5.74, 6) is 0.582. The second-order valence-electron chi connectivity index (χ2n) is 4.15. The van der Waals surface area contributed by atoms with Crippen LogP contribution in [0.5, 0.6) is 11.9 Å². The van der Waals surface area contributed by atoms with Crippen LogP contribution in [0.25, 0.3) is 0 Å². The van der Waals surface area contributed by atoms with Gasteiger partial charge in [-0.2, -0.15) is 4.98 Å². The van der Waals surface area contributed by atoms with E-state index < -0.39 is 0 Å². The maximum absolute atomic E-state index is 5.76. The molecule has 2 heterocycles. The summed E-state index contributed by atoms with van der Waals surface area (Å²) in [7, 11) is 0. The van der Waals surface area contributed by atoms with Crippen molar-refractivity contribution in [3.05, 3.63) is 11.8 Å². The minimum atomic E-state index is 0.167. The molecular weight excluding hydrogens is 218 g/mol. The zero-order valence-corrected chi connectivity index (χ0v) is 10.4. The molecule has 1 unspecified atom stereocenters. The number of nitrogens with one attached hydrogen (secondary N) is 1. The summed E-state index contributed by atoms with van der Waals surface area (Å²) in [6.45, 7) is 6.38. The Bertz CT molecular complexity index is 365. The highest BCUT2D eigenvalue weighted by molar-refractivity contribution is 5.17. The van der Waals surface area contributed by atoms with Crippen molar-refractivity contribution in [3.8, 4) is 11.9 Å². The molecule has 0 bridgehead atoms. The average molecular weight is 237 g/mol. The van der Waals surface area contributed by atoms with E-state index in [4.69, 9.17) is 9.47 Å². The number of hydrogen-bond donors (Lipinski definition) is 1. The fourth-order valence-electron chi connectivity index (χ4n) is 1.86. The molecule has 5 nitrogen and oxygen atoms in total. The Labute approximate surface area is 102 Å². The highest BCUT2D eigenvalue weighted by Crippen LogP contribution is 2.16. The number of piperidine rings is 1. The van der Waals surface area contributed by atoms with Gasteiger partial charge in [0.2, 0.25) is 5.88 Å². The van der Waals surface area contributed by atoms with Gasteiger partial charge in [-0.05, 0) is 33.2 Å². The summed E-state index contributed by atoms with van der Waals surface area (Å²) in [6, 6.07) is 2.23. The molecule has 1 N–H and O–H groups in total. The standard InChI is InChI=1S/C12H19N3O2/c1-3-16-11-7-9(2)14-12(15-11)17-10-5-4-6-13-8-10/h7,10,13H,3-6,8H2,1-2H3. The first kappa shape index (κ1) is 12.1. The summed E-state index contributed by atoms with van der Waals surface area (Å²) in [5.41, 5.74) is 0.863. The molecule has 1 aromatic heterocycles. The number of aryl methyl sites for hydroxylation is 1. The molecule has 1 aliphatic rings. The van der Waals surface area contributed by atoms with Gasteiger partial charge in [-0.3, -0.25) is 0 Å². The van der Waals surface area contributed by atoms with E-state index in [-0.39, 0.29) is 6.10 Å². The largest absolute Gasteiger partial charge is 0.478 e. The molecule has 1 saturated heterocycles. The summed E-state index contributed by atoms with van der Waals surface area (Å²) >= 11 is 0. The van der Waals surface area contributed by atoms with E-state index in [1.165, 1.54) is 0 Å². The second-order valence-corrected chi connectivity index (χ2v) is 4.15. The third-order valence-electron chi connectivity index (χ3n) is 2.63. The molecule has 1 fully saturated rings. The van der Waals surface area contributed by atoms with Gasteiger partial charge in [-0.25, -0.2) is 4.98 Å². The number of nitrogens with zero attached hydrogens (tertiary/aromatic N) is 2. The lowest BCUT2D eigenvalue weighted by atomic mass is 10.1. The van der Waals surface area contributed by atoms with Gasteiger partial charge < -0.3 is 14.8 Å². The number of aromatic nitrogens is 2. The van der Waals surface area contributed by atoms with Gasteiger partial charge in [0.05, 0.1) is 6.61 Å². The van der Waals surface area contributed by atoms with Crippen molar-refractivity contribution in [2.75, 3.05) is 19.7 Å². The summed E-state index contributed by atoms with van der Waals surface area (Å²) in [5, 5.41) is 3.30. The van der Waals surface area contributed by atoms with Crippen molar-refractivity contribution in [3.63, 3.8) is 0 Å². The molecule has 0 aliphatic carbocycles. The Morgan fingerprint density at radius 1 is 1.47 bits per heavy atom. The monoisotopic (exact) mass is 237 g/mol. The van der Waals surface area contributed by atoms with E-state index in [0.29, 0.717) is 18.5 Å². The third-order valence-corrected chi connectivity index (χ3v) is 2.63. The van der Waals surface area contributed by atoms with Crippen LogP contribution in [0.4, 0.5) is 0 Å². The molecule has 1 aliphatic heterocycles. The first-order chi connectivity index (χ1) is 8.28. The van der Waals surface area contributed by atoms with Crippen LogP contribution in [0.2, 0.25) is 0 Å². The molecule has 17 heavy (non-hydrogen) atoms. The fourth-order valence-corrected chi connectivity index (χ4v) is 1.86. The van der Waals surface area contributed by atoms with Crippen molar-refractivity contribution in [1.82, 2.24) is 15.3 Å². The SMILES string of the molecule is CCOc1cc(C)nc(OC2CCCNC2)n1. The molecular formula is C12H19N3O2. The molecule has 0 spiro atoms. The molecule has 0 amide bonds. The van der Waals surface area contributed by atoms with Crippen LogP contribution in [0.3, 0.4) is 0 Å². The lowest BCUT2D eigenvalue weighted by Gasteiger charge is -2.22. The van der Waals surface area contributed by atoms with Crippen LogP contribution in [-0.4, -0.2) is 35.8 Å². The van der Waals surface area contributed by atoms with Crippen LogP contribution >= 0.6 is 0 Å². The van der Waals surface area contributed by atoms with Gasteiger partial charge in [0.1, 0.15) is 6.10 Å². The minimum absolute atomic E-state index is 0.167. The third kappa shape index (κ3) is 3.56. The Morgan fingerprint density at radius 3 is 3.06 bits per heavy atom. The minimum Gasteiger partial charge on any atom is -0.478 e. The molecule has 5 heteroatoms. The van der Waals surface area contributed by atoms with Gasteiger partial charge >= 0.3 is 6.01 Å². The van der Waals surface area contributed by atoms with Crippen molar-refractivity contribution in [1.29, 1.82) is 0 Å². The highest BCUT2D eigenvalue weighted by Gasteiger charge is 2.16. The maximum atomic E-state index is 5.76. The van der Waals surface area contributed by atoms with E-state index in [9.17, 15) is 0 Å². The van der Waals surface area contributed by atoms with Crippen LogP contribution < -0.4 is 14.8 Å². The van der Waals surface area contributed by atoms with Crippen molar-refractivity contribution >= 4 is 0 Å². The maximum Gasteiger partial charge on any atom is 0.320 e. The van der Waals surface area contributed by atoms with Crippen molar-refractivity contribution in [2.45, 2.75) is 32.8 Å². The molecule has 0 radical (unpaired) electrons. The van der Waals surface area contributed by atoms with E-state index in [1.54, 1.807) is 0 Å². The van der Waals surface area contributed by atoms with E-state index in [2.05, 4.69) is 15.3 Å². The van der Waals surface area contributed by atoms with Crippen LogP contribution in [0.15, 0.2) is 6.07 Å². The van der Waals surface area contributed by atoms with E-state index >= 15 is 0 Å². The molecule has 0 saturated carbocycles. The van der Waals surface area contributed by atoms with E-state index in [0.717, 1.165) is 31.6 Å². The van der Waals surface area contributed by atoms with Crippen molar-refractivity contribution in [2.24, 2.45) is 0 Å². The second kappa shape index (κ2) is 5.82. The topological polar surface area (TPSA) is 56.3 Å². The zero-order chi connectivity index (χ0) is 12.1. The van der Waals surface area contributed by atoms with Crippen molar-refractivity contribution < 1.29 is 9.47 Å². The Hall–Kier alpha value is -1.36. The summed E-state index contributed by atoms with van der Waals surface area (Å²) < 4.78 is 11.1. The molecule has 94 valence electrons.